The molecule has 9 heteroatoms. The fraction of sp³-hybridized carbons (Fsp3) is 0.304. The van der Waals surface area contributed by atoms with Gasteiger partial charge in [-0.1, -0.05) is 6.07 Å². The Morgan fingerprint density at radius 1 is 1.16 bits per heavy atom. The molecule has 1 atom stereocenters. The zero-order valence-electron chi connectivity index (χ0n) is 18.2. The van der Waals surface area contributed by atoms with Crippen LogP contribution in [0.2, 0.25) is 0 Å². The fourth-order valence-corrected chi connectivity index (χ4v) is 4.05. The molecule has 0 radical (unpaired) electrons. The summed E-state index contributed by atoms with van der Waals surface area (Å²) in [7, 11) is 3.15. The van der Waals surface area contributed by atoms with Crippen LogP contribution in [0.5, 0.6) is 5.75 Å². The molecule has 32 heavy (non-hydrogen) atoms. The molecule has 0 spiro atoms. The second kappa shape index (κ2) is 8.78. The number of rotatable bonds is 4. The van der Waals surface area contributed by atoms with E-state index in [9.17, 15) is 14.0 Å². The highest BCUT2D eigenvalue weighted by Crippen LogP contribution is 2.34. The van der Waals surface area contributed by atoms with Crippen LogP contribution in [0.4, 0.5) is 10.3 Å². The van der Waals surface area contributed by atoms with Crippen molar-refractivity contribution >= 4 is 11.9 Å². The van der Waals surface area contributed by atoms with E-state index < -0.39 is 11.9 Å². The molecule has 2 aromatic heterocycles. The van der Waals surface area contributed by atoms with Crippen molar-refractivity contribution in [2.24, 2.45) is 7.05 Å². The van der Waals surface area contributed by atoms with Gasteiger partial charge in [-0.3, -0.25) is 19.1 Å². The number of halogens is 1. The molecule has 1 saturated heterocycles. The van der Waals surface area contributed by atoms with Crippen molar-refractivity contribution in [2.45, 2.75) is 13.0 Å². The van der Waals surface area contributed by atoms with Gasteiger partial charge >= 0.3 is 0 Å². The molecular weight excluding hydrogens is 413 g/mol. The number of benzene rings is 1. The molecule has 1 fully saturated rings. The summed E-state index contributed by atoms with van der Waals surface area (Å²) in [6.45, 7) is 2.81. The summed E-state index contributed by atoms with van der Waals surface area (Å²) in [6.07, 6.45) is 3.30. The van der Waals surface area contributed by atoms with Crippen molar-refractivity contribution in [3.05, 3.63) is 70.5 Å². The molecule has 3 aromatic rings. The van der Waals surface area contributed by atoms with Gasteiger partial charge in [-0.05, 0) is 18.2 Å². The topological polar surface area (TPSA) is 80.6 Å². The molecule has 8 nitrogen and oxygen atoms in total. The Morgan fingerprint density at radius 2 is 1.91 bits per heavy atom. The molecule has 0 N–H and O–H groups in total. The molecule has 1 amide bonds. The number of piperazine rings is 1. The maximum atomic E-state index is 13.8. The third-order valence-electron chi connectivity index (χ3n) is 5.71. The average molecular weight is 437 g/mol. The molecule has 1 aliphatic heterocycles. The van der Waals surface area contributed by atoms with Gasteiger partial charge in [-0.15, -0.1) is 0 Å². The SMILES string of the molecule is COc1cc(F)ccc1C1CN(c2nc(-c3ccncc3)cc(=O)n2C)CCN1C(C)=O. The van der Waals surface area contributed by atoms with E-state index >= 15 is 0 Å². The van der Waals surface area contributed by atoms with E-state index in [-0.39, 0.29) is 11.5 Å². The lowest BCUT2D eigenvalue weighted by Gasteiger charge is -2.42. The Labute approximate surface area is 184 Å². The van der Waals surface area contributed by atoms with E-state index in [0.717, 1.165) is 5.56 Å². The summed E-state index contributed by atoms with van der Waals surface area (Å²) < 4.78 is 20.7. The molecule has 0 saturated carbocycles. The number of carbonyl (C=O) groups excluding carboxylic acids is 1. The van der Waals surface area contributed by atoms with Crippen molar-refractivity contribution in [3.63, 3.8) is 0 Å². The summed E-state index contributed by atoms with van der Waals surface area (Å²) in [6, 6.07) is 9.00. The number of aromatic nitrogens is 3. The molecule has 1 aliphatic rings. The Balaban J connectivity index is 1.76. The number of pyridine rings is 1. The third-order valence-corrected chi connectivity index (χ3v) is 5.71. The Kier molecular flexibility index (Phi) is 5.89. The van der Waals surface area contributed by atoms with Crippen LogP contribution in [-0.2, 0) is 11.8 Å². The highest BCUT2D eigenvalue weighted by Gasteiger charge is 2.33. The largest absolute Gasteiger partial charge is 0.496 e. The predicted octanol–water partition coefficient (Wildman–Crippen LogP) is 2.40. The van der Waals surface area contributed by atoms with Crippen LogP contribution in [0.15, 0.2) is 53.6 Å². The first-order chi connectivity index (χ1) is 15.4. The smallest absolute Gasteiger partial charge is 0.255 e. The summed E-state index contributed by atoms with van der Waals surface area (Å²) >= 11 is 0. The van der Waals surface area contributed by atoms with Crippen molar-refractivity contribution in [2.75, 3.05) is 31.6 Å². The van der Waals surface area contributed by atoms with E-state index in [2.05, 4.69) is 4.98 Å². The Bertz CT molecular complexity index is 1200. The van der Waals surface area contributed by atoms with Gasteiger partial charge in [0.15, 0.2) is 0 Å². The lowest BCUT2D eigenvalue weighted by atomic mass is 10.0. The highest BCUT2D eigenvalue weighted by molar-refractivity contribution is 5.74. The predicted molar refractivity (Wildman–Crippen MR) is 118 cm³/mol. The van der Waals surface area contributed by atoms with Crippen LogP contribution in [0.1, 0.15) is 18.5 Å². The van der Waals surface area contributed by atoms with Crippen molar-refractivity contribution < 1.29 is 13.9 Å². The maximum Gasteiger partial charge on any atom is 0.255 e. The van der Waals surface area contributed by atoms with E-state index in [0.29, 0.717) is 42.6 Å². The van der Waals surface area contributed by atoms with Gasteiger partial charge in [-0.25, -0.2) is 9.37 Å². The van der Waals surface area contributed by atoms with Gasteiger partial charge in [0.25, 0.3) is 5.56 Å². The number of hydrogen-bond donors (Lipinski definition) is 0. The quantitative estimate of drug-likeness (QED) is 0.624. The molecule has 166 valence electrons. The first-order valence-electron chi connectivity index (χ1n) is 10.2. The van der Waals surface area contributed by atoms with Gasteiger partial charge in [0, 0.05) is 69.3 Å². The zero-order chi connectivity index (χ0) is 22.8. The van der Waals surface area contributed by atoms with Crippen LogP contribution >= 0.6 is 0 Å². The lowest BCUT2D eigenvalue weighted by molar-refractivity contribution is -0.131. The van der Waals surface area contributed by atoms with E-state index in [4.69, 9.17) is 9.72 Å². The Morgan fingerprint density at radius 3 is 2.59 bits per heavy atom. The number of nitrogens with zero attached hydrogens (tertiary/aromatic N) is 5. The van der Waals surface area contributed by atoms with Gasteiger partial charge < -0.3 is 14.5 Å². The number of methoxy groups -OCH3 is 1. The van der Waals surface area contributed by atoms with E-state index in [1.807, 2.05) is 4.90 Å². The van der Waals surface area contributed by atoms with Gasteiger partial charge in [0.05, 0.1) is 18.8 Å². The minimum atomic E-state index is -0.415. The average Bonchev–Trinajstić information content (AvgIpc) is 2.80. The molecule has 0 bridgehead atoms. The van der Waals surface area contributed by atoms with Gasteiger partial charge in [0.2, 0.25) is 11.9 Å². The minimum Gasteiger partial charge on any atom is -0.496 e. The number of ether oxygens (including phenoxy) is 1. The highest BCUT2D eigenvalue weighted by atomic mass is 19.1. The van der Waals surface area contributed by atoms with Gasteiger partial charge in [0.1, 0.15) is 11.6 Å². The van der Waals surface area contributed by atoms with Crippen LogP contribution in [0.25, 0.3) is 11.3 Å². The molecular formula is C23H24FN5O3. The third kappa shape index (κ3) is 4.05. The van der Waals surface area contributed by atoms with Crippen molar-refractivity contribution in [3.8, 4) is 17.0 Å². The molecule has 1 unspecified atom stereocenters. The number of amides is 1. The number of anilines is 1. The second-order valence-corrected chi connectivity index (χ2v) is 7.64. The summed E-state index contributed by atoms with van der Waals surface area (Å²) in [5.74, 6) is 0.365. The lowest BCUT2D eigenvalue weighted by Crippen LogP contribution is -2.51. The first kappa shape index (κ1) is 21.5. The molecule has 3 heterocycles. The summed E-state index contributed by atoms with van der Waals surface area (Å²) in [4.78, 5) is 37.5. The first-order valence-corrected chi connectivity index (χ1v) is 10.2. The zero-order valence-corrected chi connectivity index (χ0v) is 18.2. The van der Waals surface area contributed by atoms with Crippen molar-refractivity contribution in [1.29, 1.82) is 0 Å². The molecule has 4 rings (SSSR count). The van der Waals surface area contributed by atoms with E-state index in [1.165, 1.54) is 36.8 Å². The van der Waals surface area contributed by atoms with E-state index in [1.54, 1.807) is 42.5 Å². The number of hydrogen-bond acceptors (Lipinski definition) is 6. The summed E-state index contributed by atoms with van der Waals surface area (Å²) in [5, 5.41) is 0. The maximum absolute atomic E-state index is 13.8. The van der Waals surface area contributed by atoms with Crippen LogP contribution in [0.3, 0.4) is 0 Å². The fourth-order valence-electron chi connectivity index (χ4n) is 4.05. The monoisotopic (exact) mass is 437 g/mol. The molecule has 1 aromatic carbocycles. The van der Waals surface area contributed by atoms with Crippen molar-refractivity contribution in [1.82, 2.24) is 19.4 Å². The van der Waals surface area contributed by atoms with Crippen LogP contribution < -0.4 is 15.2 Å². The van der Waals surface area contributed by atoms with Crippen LogP contribution in [0, 0.1) is 5.82 Å². The summed E-state index contributed by atoms with van der Waals surface area (Å²) in [5.41, 5.74) is 1.85. The second-order valence-electron chi connectivity index (χ2n) is 7.64. The minimum absolute atomic E-state index is 0.0894. The number of carbonyl (C=O) groups is 1. The molecule has 0 aliphatic carbocycles. The Hall–Kier alpha value is -3.75. The standard InChI is InChI=1S/C23H24FN5O3/c1-15(30)29-11-10-28(14-20(29)18-5-4-17(24)12-21(18)32-3)23-26-19(13-22(31)27(23)2)16-6-8-25-9-7-16/h4-9,12-13,20H,10-11,14H2,1-3H3. The van der Waals surface area contributed by atoms with Gasteiger partial charge in [-0.2, -0.15) is 0 Å². The van der Waals surface area contributed by atoms with Crippen LogP contribution in [-0.4, -0.2) is 52.1 Å². The normalized spacial score (nSPS) is 16.2.